The zero-order valence-corrected chi connectivity index (χ0v) is 12.2. The van der Waals surface area contributed by atoms with Gasteiger partial charge in [-0.15, -0.1) is 0 Å². The normalized spacial score (nSPS) is 16.2. The quantitative estimate of drug-likeness (QED) is 0.744. The fraction of sp³-hybridized carbons (Fsp3) is 0.769. The van der Waals surface area contributed by atoms with Crippen LogP contribution in [0, 0.1) is 11.3 Å². The van der Waals surface area contributed by atoms with Crippen LogP contribution < -0.4 is 10.6 Å². The molecule has 0 radical (unpaired) electrons. The van der Waals surface area contributed by atoms with Gasteiger partial charge in [-0.25, -0.2) is 9.59 Å². The molecule has 1 saturated heterocycles. The monoisotopic (exact) mass is 282 g/mol. The SMILES string of the molecule is CC(C)(C)OC(=O)N1CCC(NC(=O)NCC#N)CC1. The van der Waals surface area contributed by atoms with Gasteiger partial charge in [-0.05, 0) is 33.6 Å². The minimum absolute atomic E-state index is 0.0113. The second-order valence-electron chi connectivity index (χ2n) is 5.73. The molecule has 0 aromatic carbocycles. The molecule has 0 aromatic rings. The number of ether oxygens (including phenoxy) is 1. The number of nitrogens with zero attached hydrogens (tertiary/aromatic N) is 2. The van der Waals surface area contributed by atoms with Crippen molar-refractivity contribution in [3.8, 4) is 6.07 Å². The van der Waals surface area contributed by atoms with Crippen LogP contribution in [0.2, 0.25) is 0 Å². The average molecular weight is 282 g/mol. The first kappa shape index (κ1) is 16.1. The molecule has 0 spiro atoms. The first-order valence-electron chi connectivity index (χ1n) is 6.71. The first-order valence-corrected chi connectivity index (χ1v) is 6.71. The second kappa shape index (κ2) is 6.98. The van der Waals surface area contributed by atoms with Gasteiger partial charge in [0.25, 0.3) is 0 Å². The van der Waals surface area contributed by atoms with E-state index in [2.05, 4.69) is 10.6 Å². The second-order valence-corrected chi connectivity index (χ2v) is 5.73. The maximum absolute atomic E-state index is 11.9. The Morgan fingerprint density at radius 3 is 2.45 bits per heavy atom. The molecule has 0 atom stereocenters. The Morgan fingerprint density at radius 2 is 1.95 bits per heavy atom. The molecule has 1 aliphatic rings. The molecule has 1 rings (SSSR count). The van der Waals surface area contributed by atoms with Gasteiger partial charge >= 0.3 is 12.1 Å². The van der Waals surface area contributed by atoms with Gasteiger partial charge in [0.1, 0.15) is 12.1 Å². The van der Waals surface area contributed by atoms with E-state index in [0.717, 1.165) is 0 Å². The third-order valence-electron chi connectivity index (χ3n) is 2.81. The first-order chi connectivity index (χ1) is 9.31. The summed E-state index contributed by atoms with van der Waals surface area (Å²) in [7, 11) is 0. The molecule has 20 heavy (non-hydrogen) atoms. The number of nitrogens with one attached hydrogen (secondary N) is 2. The van der Waals surface area contributed by atoms with Crippen LogP contribution in [0.15, 0.2) is 0 Å². The number of hydrogen-bond donors (Lipinski definition) is 2. The van der Waals surface area contributed by atoms with Crippen molar-refractivity contribution in [2.45, 2.75) is 45.3 Å². The molecule has 0 aromatic heterocycles. The van der Waals surface area contributed by atoms with Crippen LogP contribution in [-0.2, 0) is 4.74 Å². The summed E-state index contributed by atoms with van der Waals surface area (Å²) in [6.45, 7) is 6.59. The van der Waals surface area contributed by atoms with Gasteiger partial charge in [0.15, 0.2) is 0 Å². The Kier molecular flexibility index (Phi) is 5.62. The van der Waals surface area contributed by atoms with Crippen LogP contribution in [-0.4, -0.2) is 48.3 Å². The standard InChI is InChI=1S/C13H22N4O3/c1-13(2,3)20-12(19)17-8-4-10(5-9-17)16-11(18)15-7-6-14/h10H,4-5,7-9H2,1-3H3,(H2,15,16,18). The smallest absolute Gasteiger partial charge is 0.410 e. The van der Waals surface area contributed by atoms with Gasteiger partial charge < -0.3 is 20.3 Å². The lowest BCUT2D eigenvalue weighted by atomic mass is 10.1. The summed E-state index contributed by atoms with van der Waals surface area (Å²) >= 11 is 0. The number of hydrogen-bond acceptors (Lipinski definition) is 4. The van der Waals surface area contributed by atoms with Gasteiger partial charge in [0.05, 0.1) is 6.07 Å². The molecule has 0 saturated carbocycles. The van der Waals surface area contributed by atoms with E-state index in [9.17, 15) is 9.59 Å². The Balaban J connectivity index is 2.31. The lowest BCUT2D eigenvalue weighted by Crippen LogP contribution is -2.49. The molecular weight excluding hydrogens is 260 g/mol. The summed E-state index contributed by atoms with van der Waals surface area (Å²) in [4.78, 5) is 24.9. The Labute approximate surface area is 119 Å². The summed E-state index contributed by atoms with van der Waals surface area (Å²) < 4.78 is 5.30. The number of likely N-dealkylation sites (tertiary alicyclic amines) is 1. The largest absolute Gasteiger partial charge is 0.444 e. The number of urea groups is 1. The summed E-state index contributed by atoms with van der Waals surface area (Å²) in [5, 5.41) is 13.6. The molecule has 7 heteroatoms. The third-order valence-corrected chi connectivity index (χ3v) is 2.81. The number of rotatable bonds is 2. The van der Waals surface area contributed by atoms with E-state index >= 15 is 0 Å². The zero-order chi connectivity index (χ0) is 15.2. The lowest BCUT2D eigenvalue weighted by molar-refractivity contribution is 0.0201. The van der Waals surface area contributed by atoms with Gasteiger partial charge in [-0.2, -0.15) is 5.26 Å². The number of carbonyl (C=O) groups is 2. The average Bonchev–Trinajstić information content (AvgIpc) is 2.35. The highest BCUT2D eigenvalue weighted by molar-refractivity contribution is 5.74. The number of carbonyl (C=O) groups excluding carboxylic acids is 2. The fourth-order valence-corrected chi connectivity index (χ4v) is 1.89. The van der Waals surface area contributed by atoms with Crippen LogP contribution in [0.4, 0.5) is 9.59 Å². The predicted molar refractivity (Wildman–Crippen MR) is 73.0 cm³/mol. The number of amides is 3. The molecule has 1 fully saturated rings. The van der Waals surface area contributed by atoms with E-state index in [0.29, 0.717) is 25.9 Å². The fourth-order valence-electron chi connectivity index (χ4n) is 1.89. The highest BCUT2D eigenvalue weighted by Crippen LogP contribution is 2.15. The van der Waals surface area contributed by atoms with Crippen LogP contribution in [0.25, 0.3) is 0 Å². The molecule has 1 aliphatic heterocycles. The topological polar surface area (TPSA) is 94.5 Å². The van der Waals surface area contributed by atoms with Crippen LogP contribution in [0.5, 0.6) is 0 Å². The molecule has 0 aliphatic carbocycles. The van der Waals surface area contributed by atoms with Gasteiger partial charge in [-0.3, -0.25) is 0 Å². The van der Waals surface area contributed by atoms with Crippen LogP contribution >= 0.6 is 0 Å². The van der Waals surface area contributed by atoms with E-state index in [4.69, 9.17) is 10.00 Å². The highest BCUT2D eigenvalue weighted by Gasteiger charge is 2.27. The Hall–Kier alpha value is -1.97. The van der Waals surface area contributed by atoms with Crippen molar-refractivity contribution in [1.82, 2.24) is 15.5 Å². The lowest BCUT2D eigenvalue weighted by Gasteiger charge is -2.33. The maximum Gasteiger partial charge on any atom is 0.410 e. The van der Waals surface area contributed by atoms with E-state index in [-0.39, 0.29) is 24.7 Å². The minimum atomic E-state index is -0.497. The summed E-state index contributed by atoms with van der Waals surface area (Å²) in [6, 6.07) is 1.51. The van der Waals surface area contributed by atoms with E-state index in [1.165, 1.54) is 0 Å². The zero-order valence-electron chi connectivity index (χ0n) is 12.2. The summed E-state index contributed by atoms with van der Waals surface area (Å²) in [6.07, 6.45) is 1.04. The van der Waals surface area contributed by atoms with Crippen molar-refractivity contribution >= 4 is 12.1 Å². The van der Waals surface area contributed by atoms with Gasteiger partial charge in [-0.1, -0.05) is 0 Å². The summed E-state index contributed by atoms with van der Waals surface area (Å²) in [5.74, 6) is 0. The molecule has 2 N–H and O–H groups in total. The molecular formula is C13H22N4O3. The van der Waals surface area contributed by atoms with Gasteiger partial charge in [0, 0.05) is 19.1 Å². The maximum atomic E-state index is 11.9. The number of piperidine rings is 1. The Bertz CT molecular complexity index is 389. The van der Waals surface area contributed by atoms with Crippen molar-refractivity contribution < 1.29 is 14.3 Å². The van der Waals surface area contributed by atoms with Crippen molar-refractivity contribution in [3.63, 3.8) is 0 Å². The molecule has 0 bridgehead atoms. The van der Waals surface area contributed by atoms with Crippen molar-refractivity contribution in [2.75, 3.05) is 19.6 Å². The van der Waals surface area contributed by atoms with Crippen molar-refractivity contribution in [3.05, 3.63) is 0 Å². The predicted octanol–water partition coefficient (Wildman–Crippen LogP) is 1.21. The molecule has 1 heterocycles. The van der Waals surface area contributed by atoms with E-state index in [1.807, 2.05) is 26.8 Å². The molecule has 0 unspecified atom stereocenters. The third kappa shape index (κ3) is 5.78. The number of nitriles is 1. The van der Waals surface area contributed by atoms with Crippen molar-refractivity contribution in [1.29, 1.82) is 5.26 Å². The highest BCUT2D eigenvalue weighted by atomic mass is 16.6. The summed E-state index contributed by atoms with van der Waals surface area (Å²) in [5.41, 5.74) is -0.497. The molecule has 112 valence electrons. The van der Waals surface area contributed by atoms with Crippen molar-refractivity contribution in [2.24, 2.45) is 0 Å². The molecule has 7 nitrogen and oxygen atoms in total. The van der Waals surface area contributed by atoms with E-state index < -0.39 is 5.60 Å². The van der Waals surface area contributed by atoms with E-state index in [1.54, 1.807) is 4.90 Å². The Morgan fingerprint density at radius 1 is 1.35 bits per heavy atom. The van der Waals surface area contributed by atoms with Crippen LogP contribution in [0.3, 0.4) is 0 Å². The molecule has 3 amide bonds. The van der Waals surface area contributed by atoms with Crippen LogP contribution in [0.1, 0.15) is 33.6 Å². The van der Waals surface area contributed by atoms with Gasteiger partial charge in [0.2, 0.25) is 0 Å². The minimum Gasteiger partial charge on any atom is -0.444 e.